The summed E-state index contributed by atoms with van der Waals surface area (Å²) < 4.78 is 0. The van der Waals surface area contributed by atoms with E-state index in [1.165, 1.54) is 11.1 Å². The van der Waals surface area contributed by atoms with Gasteiger partial charge in [-0.3, -0.25) is 5.01 Å². The van der Waals surface area contributed by atoms with Gasteiger partial charge in [0, 0.05) is 25.8 Å². The maximum absolute atomic E-state index is 5.75. The Morgan fingerprint density at radius 2 is 2.21 bits per heavy atom. The summed E-state index contributed by atoms with van der Waals surface area (Å²) in [5.41, 5.74) is 12.8. The van der Waals surface area contributed by atoms with Crippen molar-refractivity contribution in [1.29, 1.82) is 0 Å². The molecule has 0 bridgehead atoms. The van der Waals surface area contributed by atoms with Crippen LogP contribution in [0.2, 0.25) is 0 Å². The van der Waals surface area contributed by atoms with Gasteiger partial charge >= 0.3 is 0 Å². The van der Waals surface area contributed by atoms with Crippen LogP contribution in [0.1, 0.15) is 23.6 Å². The van der Waals surface area contributed by atoms with Crippen molar-refractivity contribution in [3.05, 3.63) is 29.3 Å². The Morgan fingerprint density at radius 3 is 2.93 bits per heavy atom. The third-order valence-corrected chi connectivity index (χ3v) is 2.66. The van der Waals surface area contributed by atoms with Crippen LogP contribution < -0.4 is 11.2 Å². The van der Waals surface area contributed by atoms with Gasteiger partial charge in [-0.25, -0.2) is 5.43 Å². The Morgan fingerprint density at radius 1 is 1.43 bits per heavy atom. The summed E-state index contributed by atoms with van der Waals surface area (Å²) in [6.07, 6.45) is 2.29. The largest absolute Gasteiger partial charge is 0.399 e. The highest BCUT2D eigenvalue weighted by Gasteiger charge is 2.22. The van der Waals surface area contributed by atoms with Crippen LogP contribution in [0.4, 0.5) is 5.69 Å². The van der Waals surface area contributed by atoms with E-state index in [4.69, 9.17) is 5.73 Å². The highest BCUT2D eigenvalue weighted by atomic mass is 15.5. The Hall–Kier alpha value is -1.06. The number of hydrogen-bond donors (Lipinski definition) is 2. The first-order valence-electron chi connectivity index (χ1n) is 4.98. The van der Waals surface area contributed by atoms with Crippen LogP contribution in [0.15, 0.2) is 18.2 Å². The number of nitrogens with two attached hydrogens (primary N) is 1. The summed E-state index contributed by atoms with van der Waals surface area (Å²) in [6, 6.07) is 6.67. The van der Waals surface area contributed by atoms with Crippen LogP contribution in [-0.2, 0) is 6.42 Å². The lowest BCUT2D eigenvalue weighted by molar-refractivity contribution is 0.242. The third kappa shape index (κ3) is 1.74. The molecule has 0 spiro atoms. The number of nitrogens with one attached hydrogen (secondary N) is 1. The van der Waals surface area contributed by atoms with E-state index in [0.717, 1.165) is 18.5 Å². The Kier molecular flexibility index (Phi) is 2.44. The van der Waals surface area contributed by atoms with Gasteiger partial charge in [-0.1, -0.05) is 6.07 Å². The Balaban J connectivity index is 2.22. The van der Waals surface area contributed by atoms with E-state index in [1.54, 1.807) is 0 Å². The molecule has 3 nitrogen and oxygen atoms in total. The molecule has 1 aliphatic carbocycles. The molecule has 0 aromatic heterocycles. The highest BCUT2D eigenvalue weighted by molar-refractivity contribution is 5.47. The van der Waals surface area contributed by atoms with Crippen LogP contribution in [0.25, 0.3) is 0 Å². The normalized spacial score (nSPS) is 20.1. The van der Waals surface area contributed by atoms with Crippen molar-refractivity contribution in [2.45, 2.75) is 18.9 Å². The van der Waals surface area contributed by atoms with Crippen LogP contribution in [-0.4, -0.2) is 19.1 Å². The fourth-order valence-corrected chi connectivity index (χ4v) is 2.08. The molecule has 1 aromatic carbocycles. The number of rotatable bonds is 2. The predicted octanol–water partition coefficient (Wildman–Crippen LogP) is 1.32. The molecular formula is C11H17N3. The average Bonchev–Trinajstić information content (AvgIpc) is 2.47. The zero-order valence-electron chi connectivity index (χ0n) is 8.75. The average molecular weight is 191 g/mol. The third-order valence-electron chi connectivity index (χ3n) is 2.66. The van der Waals surface area contributed by atoms with Crippen molar-refractivity contribution in [2.75, 3.05) is 19.8 Å². The maximum atomic E-state index is 5.75. The van der Waals surface area contributed by atoms with E-state index in [2.05, 4.69) is 17.6 Å². The summed E-state index contributed by atoms with van der Waals surface area (Å²) in [6.45, 7) is 0. The number of nitrogens with zero attached hydrogens (tertiary/aromatic N) is 1. The zero-order valence-corrected chi connectivity index (χ0v) is 8.75. The minimum Gasteiger partial charge on any atom is -0.399 e. The van der Waals surface area contributed by atoms with E-state index in [-0.39, 0.29) is 0 Å². The lowest BCUT2D eigenvalue weighted by Crippen LogP contribution is -2.33. The van der Waals surface area contributed by atoms with Crippen molar-refractivity contribution in [3.8, 4) is 0 Å². The van der Waals surface area contributed by atoms with Gasteiger partial charge in [-0.2, -0.15) is 0 Å². The fraction of sp³-hybridized carbons (Fsp3) is 0.455. The lowest BCUT2D eigenvalue weighted by Gasteiger charge is -2.19. The van der Waals surface area contributed by atoms with E-state index < -0.39 is 0 Å². The summed E-state index contributed by atoms with van der Waals surface area (Å²) >= 11 is 0. The van der Waals surface area contributed by atoms with Crippen LogP contribution in [0.5, 0.6) is 0 Å². The summed E-state index contributed by atoms with van der Waals surface area (Å²) in [5, 5.41) is 2.01. The fourth-order valence-electron chi connectivity index (χ4n) is 2.08. The first-order valence-corrected chi connectivity index (χ1v) is 4.98. The Labute approximate surface area is 84.9 Å². The number of benzene rings is 1. The van der Waals surface area contributed by atoms with Crippen molar-refractivity contribution in [1.82, 2.24) is 10.4 Å². The lowest BCUT2D eigenvalue weighted by atomic mass is 10.1. The molecule has 1 aliphatic rings. The number of nitrogen functional groups attached to an aromatic ring is 1. The molecule has 1 aromatic rings. The molecule has 3 heteroatoms. The molecule has 14 heavy (non-hydrogen) atoms. The van der Waals surface area contributed by atoms with Gasteiger partial charge < -0.3 is 5.73 Å². The molecule has 76 valence electrons. The molecule has 1 unspecified atom stereocenters. The van der Waals surface area contributed by atoms with Crippen LogP contribution >= 0.6 is 0 Å². The molecule has 0 amide bonds. The van der Waals surface area contributed by atoms with Gasteiger partial charge in [-0.15, -0.1) is 0 Å². The summed E-state index contributed by atoms with van der Waals surface area (Å²) in [4.78, 5) is 0. The van der Waals surface area contributed by atoms with Gasteiger partial charge in [0.2, 0.25) is 0 Å². The first-order chi connectivity index (χ1) is 6.66. The van der Waals surface area contributed by atoms with Gasteiger partial charge in [0.05, 0.1) is 0 Å². The second kappa shape index (κ2) is 3.59. The molecule has 3 N–H and O–H groups in total. The number of aryl methyl sites for hydroxylation is 1. The molecular weight excluding hydrogens is 174 g/mol. The zero-order chi connectivity index (χ0) is 10.1. The van der Waals surface area contributed by atoms with Gasteiger partial charge in [0.1, 0.15) is 0 Å². The van der Waals surface area contributed by atoms with E-state index in [0.29, 0.717) is 6.04 Å². The monoisotopic (exact) mass is 191 g/mol. The Bertz CT molecular complexity index is 333. The minimum atomic E-state index is 0.459. The van der Waals surface area contributed by atoms with Gasteiger partial charge in [0.25, 0.3) is 0 Å². The summed E-state index contributed by atoms with van der Waals surface area (Å²) in [7, 11) is 4.05. The molecule has 0 saturated heterocycles. The van der Waals surface area contributed by atoms with Crippen molar-refractivity contribution in [3.63, 3.8) is 0 Å². The minimum absolute atomic E-state index is 0.459. The number of fused-ring (bicyclic) bond motifs is 1. The highest BCUT2D eigenvalue weighted by Crippen LogP contribution is 2.32. The molecule has 0 heterocycles. The molecule has 0 radical (unpaired) electrons. The topological polar surface area (TPSA) is 41.3 Å². The number of hydrazine groups is 1. The molecule has 0 saturated carbocycles. The molecule has 2 rings (SSSR count). The van der Waals surface area contributed by atoms with E-state index >= 15 is 0 Å². The van der Waals surface area contributed by atoms with Crippen LogP contribution in [0.3, 0.4) is 0 Å². The van der Waals surface area contributed by atoms with Gasteiger partial charge in [-0.05, 0) is 36.1 Å². The molecule has 0 fully saturated rings. The smallest absolute Gasteiger partial charge is 0.0470 e. The molecule has 0 aliphatic heterocycles. The number of hydrogen-bond acceptors (Lipinski definition) is 3. The second-order valence-corrected chi connectivity index (χ2v) is 4.07. The van der Waals surface area contributed by atoms with Crippen LogP contribution in [0, 0.1) is 0 Å². The molecule has 1 atom stereocenters. The standard InChI is InChI=1S/C11H17N3/c1-14(2)13-11-6-3-8-7-9(12)4-5-10(8)11/h4-5,7,11,13H,3,6,12H2,1-2H3. The quantitative estimate of drug-likeness (QED) is 0.547. The maximum Gasteiger partial charge on any atom is 0.0470 e. The van der Waals surface area contributed by atoms with Crippen molar-refractivity contribution in [2.24, 2.45) is 0 Å². The predicted molar refractivity (Wildman–Crippen MR) is 58.7 cm³/mol. The van der Waals surface area contributed by atoms with E-state index in [9.17, 15) is 0 Å². The first kappa shape index (κ1) is 9.49. The number of anilines is 1. The van der Waals surface area contributed by atoms with Gasteiger partial charge in [0.15, 0.2) is 0 Å². The van der Waals surface area contributed by atoms with E-state index in [1.807, 2.05) is 25.2 Å². The van der Waals surface area contributed by atoms with Crippen molar-refractivity contribution >= 4 is 5.69 Å². The SMILES string of the molecule is CN(C)NC1CCc2cc(N)ccc21. The van der Waals surface area contributed by atoms with Crippen molar-refractivity contribution < 1.29 is 0 Å². The summed E-state index contributed by atoms with van der Waals surface area (Å²) in [5.74, 6) is 0. The second-order valence-electron chi connectivity index (χ2n) is 4.07.